The highest BCUT2D eigenvalue weighted by Gasteiger charge is 2.34. The van der Waals surface area contributed by atoms with Crippen molar-refractivity contribution in [1.29, 1.82) is 0 Å². The first-order chi connectivity index (χ1) is 21.6. The summed E-state index contributed by atoms with van der Waals surface area (Å²) in [5.74, 6) is -0.296. The minimum atomic E-state index is -4.19. The fraction of sp³-hybridized carbons (Fsp3) is 0.257. The van der Waals surface area contributed by atoms with E-state index in [-0.39, 0.29) is 29.8 Å². The summed E-state index contributed by atoms with van der Waals surface area (Å²) in [6.07, 6.45) is 0.249. The van der Waals surface area contributed by atoms with E-state index in [2.05, 4.69) is 21.2 Å². The van der Waals surface area contributed by atoms with Crippen LogP contribution in [0.25, 0.3) is 0 Å². The van der Waals surface area contributed by atoms with Crippen LogP contribution in [0.4, 0.5) is 5.69 Å². The third-order valence-electron chi connectivity index (χ3n) is 7.01. The first-order valence-corrected chi connectivity index (χ1v) is 17.0. The molecule has 0 aliphatic carbocycles. The molecule has 1 atom stereocenters. The normalized spacial score (nSPS) is 11.9. The number of nitrogens with zero attached hydrogens (tertiary/aromatic N) is 2. The molecule has 4 rings (SSSR count). The lowest BCUT2D eigenvalue weighted by molar-refractivity contribution is -0.140. The molecule has 0 heterocycles. The Bertz CT molecular complexity index is 1650. The van der Waals surface area contributed by atoms with E-state index in [4.69, 9.17) is 4.74 Å². The van der Waals surface area contributed by atoms with Crippen molar-refractivity contribution in [1.82, 2.24) is 10.2 Å². The Morgan fingerprint density at radius 3 is 2.00 bits per heavy atom. The first-order valence-electron chi connectivity index (χ1n) is 14.8. The second kappa shape index (κ2) is 15.7. The molecule has 1 N–H and O–H groups in total. The minimum absolute atomic E-state index is 0.0143. The van der Waals surface area contributed by atoms with Crippen LogP contribution in [-0.2, 0) is 32.6 Å². The third-order valence-corrected chi connectivity index (χ3v) is 9.33. The van der Waals surface area contributed by atoms with Gasteiger partial charge in [0.2, 0.25) is 11.8 Å². The van der Waals surface area contributed by atoms with E-state index in [9.17, 15) is 18.0 Å². The summed E-state index contributed by atoms with van der Waals surface area (Å²) in [5, 5.41) is 2.97. The van der Waals surface area contributed by atoms with Gasteiger partial charge in [-0.2, -0.15) is 0 Å². The molecule has 0 aliphatic heterocycles. The number of carbonyl (C=O) groups is 2. The Morgan fingerprint density at radius 2 is 1.42 bits per heavy atom. The topological polar surface area (TPSA) is 96.0 Å². The number of carbonyl (C=O) groups excluding carboxylic acids is 2. The van der Waals surface area contributed by atoms with Crippen molar-refractivity contribution in [2.45, 2.75) is 50.7 Å². The summed E-state index contributed by atoms with van der Waals surface area (Å²) in [6, 6.07) is 30.5. The van der Waals surface area contributed by atoms with Crippen molar-refractivity contribution < 1.29 is 22.7 Å². The highest BCUT2D eigenvalue weighted by Crippen LogP contribution is 2.26. The molecule has 0 saturated heterocycles. The molecule has 4 aromatic carbocycles. The lowest BCUT2D eigenvalue weighted by Gasteiger charge is -2.34. The van der Waals surface area contributed by atoms with E-state index in [1.807, 2.05) is 75.4 Å². The van der Waals surface area contributed by atoms with E-state index in [1.54, 1.807) is 42.5 Å². The molecule has 0 aromatic heterocycles. The zero-order valence-electron chi connectivity index (χ0n) is 25.6. The number of rotatable bonds is 14. The Morgan fingerprint density at radius 1 is 0.822 bits per heavy atom. The number of hydrogen-bond donors (Lipinski definition) is 1. The maximum absolute atomic E-state index is 14.4. The van der Waals surface area contributed by atoms with Gasteiger partial charge >= 0.3 is 0 Å². The van der Waals surface area contributed by atoms with Crippen LogP contribution in [0.3, 0.4) is 0 Å². The maximum Gasteiger partial charge on any atom is 0.264 e. The van der Waals surface area contributed by atoms with E-state index in [1.165, 1.54) is 17.0 Å². The number of nitrogens with one attached hydrogen (secondary N) is 1. The largest absolute Gasteiger partial charge is 0.494 e. The second-order valence-electron chi connectivity index (χ2n) is 10.8. The summed E-state index contributed by atoms with van der Waals surface area (Å²) in [4.78, 5) is 29.7. The number of anilines is 1. The summed E-state index contributed by atoms with van der Waals surface area (Å²) < 4.78 is 35.7. The number of ether oxygens (including phenoxy) is 1. The number of halogens is 1. The van der Waals surface area contributed by atoms with Crippen molar-refractivity contribution >= 4 is 43.5 Å². The molecule has 1 unspecified atom stereocenters. The van der Waals surface area contributed by atoms with Crippen LogP contribution in [-0.4, -0.2) is 50.4 Å². The van der Waals surface area contributed by atoms with Crippen LogP contribution in [0.5, 0.6) is 5.75 Å². The lowest BCUT2D eigenvalue weighted by atomic mass is 10.0. The zero-order chi connectivity index (χ0) is 32.4. The first kappa shape index (κ1) is 33.7. The van der Waals surface area contributed by atoms with Gasteiger partial charge in [-0.25, -0.2) is 8.42 Å². The molecule has 0 fully saturated rings. The molecular weight excluding hydrogens is 654 g/mol. The number of amides is 2. The molecular formula is C35H38BrN3O5S. The van der Waals surface area contributed by atoms with Gasteiger partial charge in [-0.3, -0.25) is 13.9 Å². The Kier molecular flexibility index (Phi) is 11.8. The number of para-hydroxylation sites is 1. The van der Waals surface area contributed by atoms with E-state index < -0.39 is 28.5 Å². The van der Waals surface area contributed by atoms with Crippen LogP contribution in [0.2, 0.25) is 0 Å². The van der Waals surface area contributed by atoms with Crippen LogP contribution in [0.1, 0.15) is 31.9 Å². The van der Waals surface area contributed by atoms with Gasteiger partial charge in [0.05, 0.1) is 17.2 Å². The highest BCUT2D eigenvalue weighted by atomic mass is 79.9. The molecule has 2 amide bonds. The molecule has 0 spiro atoms. The van der Waals surface area contributed by atoms with Crippen molar-refractivity contribution in [3.63, 3.8) is 0 Å². The van der Waals surface area contributed by atoms with Crippen LogP contribution >= 0.6 is 15.9 Å². The van der Waals surface area contributed by atoms with E-state index in [0.717, 1.165) is 19.9 Å². The second-order valence-corrected chi connectivity index (χ2v) is 13.5. The van der Waals surface area contributed by atoms with Crippen LogP contribution in [0, 0.1) is 0 Å². The molecule has 0 aliphatic rings. The molecule has 4 aromatic rings. The van der Waals surface area contributed by atoms with Gasteiger partial charge in [-0.15, -0.1) is 0 Å². The third kappa shape index (κ3) is 9.18. The molecule has 0 saturated carbocycles. The average Bonchev–Trinajstić information content (AvgIpc) is 3.03. The quantitative estimate of drug-likeness (QED) is 0.170. The highest BCUT2D eigenvalue weighted by molar-refractivity contribution is 9.10. The standard InChI is InChI=1S/C35H38BrN3O5S/c1-4-44-31-19-21-32(22-20-31)45(42,43)39(30-13-9-6-10-14-30)25-34(40)38(24-28-15-17-29(36)18-16-28)33(35(41)37-26(2)3)23-27-11-7-5-8-12-27/h5-22,26,33H,4,23-25H2,1-3H3,(H,37,41). The molecule has 45 heavy (non-hydrogen) atoms. The Labute approximate surface area is 274 Å². The van der Waals surface area contributed by atoms with Crippen LogP contribution in [0.15, 0.2) is 119 Å². The summed E-state index contributed by atoms with van der Waals surface area (Å²) in [7, 11) is -4.19. The SMILES string of the molecule is CCOc1ccc(S(=O)(=O)N(CC(=O)N(Cc2ccc(Br)cc2)C(Cc2ccccc2)C(=O)NC(C)C)c2ccccc2)cc1. The van der Waals surface area contributed by atoms with E-state index >= 15 is 0 Å². The summed E-state index contributed by atoms with van der Waals surface area (Å²) in [6.45, 7) is 5.59. The lowest BCUT2D eigenvalue weighted by Crippen LogP contribution is -2.54. The fourth-order valence-corrected chi connectivity index (χ4v) is 6.52. The number of benzene rings is 4. The number of hydrogen-bond acceptors (Lipinski definition) is 5. The van der Waals surface area contributed by atoms with Crippen molar-refractivity contribution in [3.8, 4) is 5.75 Å². The Hall–Kier alpha value is -4.15. The monoisotopic (exact) mass is 691 g/mol. The smallest absolute Gasteiger partial charge is 0.264 e. The van der Waals surface area contributed by atoms with Crippen LogP contribution < -0.4 is 14.4 Å². The van der Waals surface area contributed by atoms with Gasteiger partial charge in [0, 0.05) is 23.5 Å². The zero-order valence-corrected chi connectivity index (χ0v) is 28.0. The molecule has 0 radical (unpaired) electrons. The fourth-order valence-electron chi connectivity index (χ4n) is 4.85. The van der Waals surface area contributed by atoms with Gasteiger partial charge in [0.25, 0.3) is 10.0 Å². The summed E-state index contributed by atoms with van der Waals surface area (Å²) >= 11 is 3.45. The van der Waals surface area contributed by atoms with Gasteiger partial charge in [0.15, 0.2) is 0 Å². The number of sulfonamides is 1. The predicted octanol–water partition coefficient (Wildman–Crippen LogP) is 6.21. The van der Waals surface area contributed by atoms with Gasteiger partial charge in [-0.05, 0) is 80.4 Å². The van der Waals surface area contributed by atoms with Gasteiger partial charge in [-0.1, -0.05) is 76.6 Å². The summed E-state index contributed by atoms with van der Waals surface area (Å²) in [5.41, 5.74) is 1.99. The maximum atomic E-state index is 14.4. The minimum Gasteiger partial charge on any atom is -0.494 e. The van der Waals surface area contributed by atoms with Gasteiger partial charge in [0.1, 0.15) is 18.3 Å². The molecule has 10 heteroatoms. The predicted molar refractivity (Wildman–Crippen MR) is 180 cm³/mol. The van der Waals surface area contributed by atoms with Crippen molar-refractivity contribution in [2.24, 2.45) is 0 Å². The molecule has 0 bridgehead atoms. The average molecular weight is 693 g/mol. The molecule has 236 valence electrons. The van der Waals surface area contributed by atoms with Crippen molar-refractivity contribution in [3.05, 3.63) is 125 Å². The van der Waals surface area contributed by atoms with Gasteiger partial charge < -0.3 is 15.0 Å². The molecule has 8 nitrogen and oxygen atoms in total. The Balaban J connectivity index is 1.77. The van der Waals surface area contributed by atoms with Crippen molar-refractivity contribution in [2.75, 3.05) is 17.5 Å². The van der Waals surface area contributed by atoms with E-state index in [0.29, 0.717) is 18.0 Å².